The number of hydrogen-bond acceptors (Lipinski definition) is 4. The van der Waals surface area contributed by atoms with Crippen LogP contribution in [0.25, 0.3) is 0 Å². The van der Waals surface area contributed by atoms with Crippen LogP contribution in [0, 0.1) is 0 Å². The SMILES string of the molecule is CN(C(=O)c1ccc(O)c(O)c1)C1CCCCC1N. The van der Waals surface area contributed by atoms with Crippen LogP contribution in [-0.4, -0.2) is 40.2 Å². The van der Waals surface area contributed by atoms with E-state index in [1.807, 2.05) is 0 Å². The van der Waals surface area contributed by atoms with E-state index in [-0.39, 0.29) is 29.5 Å². The number of phenols is 2. The zero-order valence-corrected chi connectivity index (χ0v) is 11.0. The maximum atomic E-state index is 12.3. The van der Waals surface area contributed by atoms with Crippen LogP contribution in [0.3, 0.4) is 0 Å². The lowest BCUT2D eigenvalue weighted by atomic mass is 9.90. The molecule has 1 fully saturated rings. The van der Waals surface area contributed by atoms with E-state index in [0.717, 1.165) is 25.7 Å². The van der Waals surface area contributed by atoms with E-state index in [1.54, 1.807) is 11.9 Å². The molecule has 0 heterocycles. The first-order valence-electron chi connectivity index (χ1n) is 6.55. The summed E-state index contributed by atoms with van der Waals surface area (Å²) in [6.07, 6.45) is 4.03. The number of benzene rings is 1. The number of amides is 1. The second-order valence-corrected chi connectivity index (χ2v) is 5.14. The first-order chi connectivity index (χ1) is 9.00. The highest BCUT2D eigenvalue weighted by Crippen LogP contribution is 2.27. The number of carbonyl (C=O) groups excluding carboxylic acids is 1. The Hall–Kier alpha value is -1.75. The molecule has 2 atom stereocenters. The summed E-state index contributed by atoms with van der Waals surface area (Å²) in [6, 6.07) is 4.15. The minimum absolute atomic E-state index is 0.00779. The van der Waals surface area contributed by atoms with Crippen molar-refractivity contribution in [2.45, 2.75) is 37.8 Å². The quantitative estimate of drug-likeness (QED) is 0.705. The molecule has 1 amide bonds. The van der Waals surface area contributed by atoms with Gasteiger partial charge in [0.05, 0.1) is 0 Å². The van der Waals surface area contributed by atoms with Gasteiger partial charge >= 0.3 is 0 Å². The fraction of sp³-hybridized carbons (Fsp3) is 0.500. The Morgan fingerprint density at radius 2 is 1.95 bits per heavy atom. The van der Waals surface area contributed by atoms with E-state index in [1.165, 1.54) is 18.2 Å². The normalized spacial score (nSPS) is 23.1. The zero-order valence-electron chi connectivity index (χ0n) is 11.0. The second kappa shape index (κ2) is 5.48. The molecule has 0 spiro atoms. The summed E-state index contributed by atoms with van der Waals surface area (Å²) in [4.78, 5) is 14.0. The van der Waals surface area contributed by atoms with Gasteiger partial charge in [-0.05, 0) is 31.0 Å². The molecule has 1 saturated carbocycles. The Kier molecular flexibility index (Phi) is 3.95. The van der Waals surface area contributed by atoms with Crippen molar-refractivity contribution in [1.82, 2.24) is 4.90 Å². The van der Waals surface area contributed by atoms with Crippen LogP contribution in [0.1, 0.15) is 36.0 Å². The number of nitrogens with zero attached hydrogens (tertiary/aromatic N) is 1. The molecule has 0 bridgehead atoms. The van der Waals surface area contributed by atoms with Crippen molar-refractivity contribution in [3.05, 3.63) is 23.8 Å². The number of carbonyl (C=O) groups is 1. The van der Waals surface area contributed by atoms with Crippen molar-refractivity contribution in [2.24, 2.45) is 5.73 Å². The van der Waals surface area contributed by atoms with Crippen molar-refractivity contribution >= 4 is 5.91 Å². The van der Waals surface area contributed by atoms with Gasteiger partial charge in [0.15, 0.2) is 11.5 Å². The number of phenolic OH excluding ortho intramolecular Hbond substituents is 2. The lowest BCUT2D eigenvalue weighted by molar-refractivity contribution is 0.0672. The van der Waals surface area contributed by atoms with Gasteiger partial charge in [-0.3, -0.25) is 4.79 Å². The zero-order chi connectivity index (χ0) is 14.0. The Morgan fingerprint density at radius 1 is 1.26 bits per heavy atom. The van der Waals surface area contributed by atoms with Crippen molar-refractivity contribution in [3.63, 3.8) is 0 Å². The van der Waals surface area contributed by atoms with E-state index in [4.69, 9.17) is 5.73 Å². The molecule has 1 aliphatic carbocycles. The number of aromatic hydroxyl groups is 2. The average Bonchev–Trinajstić information content (AvgIpc) is 2.41. The van der Waals surface area contributed by atoms with Gasteiger partial charge in [0.25, 0.3) is 5.91 Å². The van der Waals surface area contributed by atoms with Gasteiger partial charge in [-0.15, -0.1) is 0 Å². The van der Waals surface area contributed by atoms with Gasteiger partial charge < -0.3 is 20.8 Å². The molecule has 0 aromatic heterocycles. The molecule has 5 nitrogen and oxygen atoms in total. The molecule has 0 saturated heterocycles. The Bertz CT molecular complexity index is 476. The summed E-state index contributed by atoms with van der Waals surface area (Å²) in [6.45, 7) is 0. The standard InChI is InChI=1S/C14H20N2O3/c1-16(11-5-3-2-4-10(11)15)14(19)9-6-7-12(17)13(18)8-9/h6-8,10-11,17-18H,2-5,15H2,1H3. The monoisotopic (exact) mass is 264 g/mol. The number of likely N-dealkylation sites (N-methyl/N-ethyl adjacent to an activating group) is 1. The fourth-order valence-electron chi connectivity index (χ4n) is 2.63. The van der Waals surface area contributed by atoms with E-state index in [0.29, 0.717) is 5.56 Å². The number of hydrogen-bond donors (Lipinski definition) is 3. The van der Waals surface area contributed by atoms with E-state index in [2.05, 4.69) is 0 Å². The summed E-state index contributed by atoms with van der Waals surface area (Å²) in [7, 11) is 1.74. The third kappa shape index (κ3) is 2.81. The minimum Gasteiger partial charge on any atom is -0.504 e. The molecule has 2 unspecified atom stereocenters. The van der Waals surface area contributed by atoms with E-state index in [9.17, 15) is 15.0 Å². The largest absolute Gasteiger partial charge is 0.504 e. The van der Waals surface area contributed by atoms with Crippen LogP contribution in [0.4, 0.5) is 0 Å². The minimum atomic E-state index is -0.285. The summed E-state index contributed by atoms with van der Waals surface area (Å²) >= 11 is 0. The smallest absolute Gasteiger partial charge is 0.254 e. The molecular weight excluding hydrogens is 244 g/mol. The molecular formula is C14H20N2O3. The summed E-state index contributed by atoms with van der Waals surface area (Å²) in [5.74, 6) is -0.696. The molecule has 104 valence electrons. The van der Waals surface area contributed by atoms with Crippen molar-refractivity contribution < 1.29 is 15.0 Å². The lowest BCUT2D eigenvalue weighted by Gasteiger charge is -2.36. The molecule has 5 heteroatoms. The first-order valence-corrected chi connectivity index (χ1v) is 6.55. The maximum Gasteiger partial charge on any atom is 0.254 e. The van der Waals surface area contributed by atoms with Gasteiger partial charge in [0.1, 0.15) is 0 Å². The van der Waals surface area contributed by atoms with Crippen molar-refractivity contribution in [2.75, 3.05) is 7.05 Å². The summed E-state index contributed by atoms with van der Waals surface area (Å²) in [5.41, 5.74) is 6.42. The van der Waals surface area contributed by atoms with Crippen molar-refractivity contribution in [3.8, 4) is 11.5 Å². The van der Waals surface area contributed by atoms with Crippen LogP contribution >= 0.6 is 0 Å². The number of nitrogens with two attached hydrogens (primary N) is 1. The molecule has 0 radical (unpaired) electrons. The predicted molar refractivity (Wildman–Crippen MR) is 72.1 cm³/mol. The van der Waals surface area contributed by atoms with E-state index >= 15 is 0 Å². The first kappa shape index (κ1) is 13.7. The van der Waals surface area contributed by atoms with Gasteiger partial charge in [0, 0.05) is 24.7 Å². The fourth-order valence-corrected chi connectivity index (χ4v) is 2.63. The number of rotatable bonds is 2. The third-order valence-corrected chi connectivity index (χ3v) is 3.82. The Labute approximate surface area is 112 Å². The molecule has 19 heavy (non-hydrogen) atoms. The highest BCUT2D eigenvalue weighted by atomic mass is 16.3. The van der Waals surface area contributed by atoms with Crippen LogP contribution in [0.15, 0.2) is 18.2 Å². The summed E-state index contributed by atoms with van der Waals surface area (Å²) in [5, 5.41) is 18.7. The molecule has 2 rings (SSSR count). The molecule has 0 aliphatic heterocycles. The predicted octanol–water partition coefficient (Wildman–Crippen LogP) is 1.44. The average molecular weight is 264 g/mol. The Morgan fingerprint density at radius 3 is 2.58 bits per heavy atom. The van der Waals surface area contributed by atoms with Crippen LogP contribution < -0.4 is 5.73 Å². The summed E-state index contributed by atoms with van der Waals surface area (Å²) < 4.78 is 0. The van der Waals surface area contributed by atoms with Gasteiger partial charge in [0.2, 0.25) is 0 Å². The maximum absolute atomic E-state index is 12.3. The second-order valence-electron chi connectivity index (χ2n) is 5.14. The topological polar surface area (TPSA) is 86.8 Å². The van der Waals surface area contributed by atoms with Gasteiger partial charge in [-0.2, -0.15) is 0 Å². The molecule has 4 N–H and O–H groups in total. The van der Waals surface area contributed by atoms with Crippen LogP contribution in [0.5, 0.6) is 11.5 Å². The highest BCUT2D eigenvalue weighted by Gasteiger charge is 2.29. The van der Waals surface area contributed by atoms with Gasteiger partial charge in [-0.25, -0.2) is 0 Å². The van der Waals surface area contributed by atoms with Crippen LogP contribution in [-0.2, 0) is 0 Å². The van der Waals surface area contributed by atoms with Crippen LogP contribution in [0.2, 0.25) is 0 Å². The Balaban J connectivity index is 2.15. The molecule has 1 aromatic rings. The molecule has 1 aromatic carbocycles. The lowest BCUT2D eigenvalue weighted by Crippen LogP contribution is -2.50. The molecule has 1 aliphatic rings. The van der Waals surface area contributed by atoms with Crippen molar-refractivity contribution in [1.29, 1.82) is 0 Å². The highest BCUT2D eigenvalue weighted by molar-refractivity contribution is 5.95. The van der Waals surface area contributed by atoms with Gasteiger partial charge in [-0.1, -0.05) is 12.8 Å². The van der Waals surface area contributed by atoms with E-state index < -0.39 is 0 Å². The third-order valence-electron chi connectivity index (χ3n) is 3.82.